The molecule has 2 unspecified atom stereocenters. The Labute approximate surface area is 113 Å². The van der Waals surface area contributed by atoms with Crippen molar-refractivity contribution in [2.75, 3.05) is 13.2 Å². The molecular weight excluding hydrogens is 246 g/mol. The maximum Gasteiger partial charge on any atom is 0.307 e. The molecule has 1 amide bonds. The number of carboxylic acids is 1. The van der Waals surface area contributed by atoms with Gasteiger partial charge in [-0.25, -0.2) is 0 Å². The Balaban J connectivity index is 1.87. The summed E-state index contributed by atoms with van der Waals surface area (Å²) in [6.07, 6.45) is 5.81. The molecule has 1 saturated heterocycles. The fourth-order valence-electron chi connectivity index (χ4n) is 2.78. The van der Waals surface area contributed by atoms with Crippen LogP contribution in [-0.4, -0.2) is 36.2 Å². The number of carbonyl (C=O) groups is 2. The minimum atomic E-state index is -0.887. The number of carbonyl (C=O) groups excluding carboxylic acids is 1. The van der Waals surface area contributed by atoms with Crippen molar-refractivity contribution < 1.29 is 19.4 Å². The number of nitrogens with one attached hydrogen (secondary N) is 1. The third-order valence-electron chi connectivity index (χ3n) is 4.16. The van der Waals surface area contributed by atoms with E-state index < -0.39 is 17.8 Å². The van der Waals surface area contributed by atoms with Crippen molar-refractivity contribution in [2.24, 2.45) is 17.8 Å². The van der Waals surface area contributed by atoms with Gasteiger partial charge in [0.15, 0.2) is 0 Å². The summed E-state index contributed by atoms with van der Waals surface area (Å²) in [5, 5.41) is 12.0. The third-order valence-corrected chi connectivity index (χ3v) is 4.16. The van der Waals surface area contributed by atoms with Crippen LogP contribution in [0.2, 0.25) is 0 Å². The second kappa shape index (κ2) is 6.19. The molecule has 4 atom stereocenters. The predicted octanol–water partition coefficient (Wildman–Crippen LogP) is 1.19. The van der Waals surface area contributed by atoms with Gasteiger partial charge in [-0.1, -0.05) is 12.2 Å². The highest BCUT2D eigenvalue weighted by atomic mass is 16.5. The molecule has 0 saturated carbocycles. The number of ether oxygens (including phenoxy) is 1. The molecule has 19 heavy (non-hydrogen) atoms. The van der Waals surface area contributed by atoms with Crippen molar-refractivity contribution in [2.45, 2.75) is 32.3 Å². The topological polar surface area (TPSA) is 75.6 Å². The average Bonchev–Trinajstić information content (AvgIpc) is 2.81. The Hall–Kier alpha value is -1.36. The number of aliphatic carboxylic acids is 1. The van der Waals surface area contributed by atoms with E-state index in [0.717, 1.165) is 13.0 Å². The van der Waals surface area contributed by atoms with E-state index in [1.54, 1.807) is 0 Å². The van der Waals surface area contributed by atoms with Crippen LogP contribution in [0.25, 0.3) is 0 Å². The molecule has 0 aromatic heterocycles. The molecule has 5 nitrogen and oxygen atoms in total. The quantitative estimate of drug-likeness (QED) is 0.750. The molecule has 1 heterocycles. The zero-order chi connectivity index (χ0) is 13.8. The molecule has 1 fully saturated rings. The average molecular weight is 267 g/mol. The van der Waals surface area contributed by atoms with Gasteiger partial charge < -0.3 is 15.2 Å². The smallest absolute Gasteiger partial charge is 0.307 e. The summed E-state index contributed by atoms with van der Waals surface area (Å²) in [6, 6.07) is 0. The lowest BCUT2D eigenvalue weighted by Gasteiger charge is -2.25. The van der Waals surface area contributed by atoms with Gasteiger partial charge >= 0.3 is 5.97 Å². The maximum absolute atomic E-state index is 12.1. The van der Waals surface area contributed by atoms with Gasteiger partial charge in [0.2, 0.25) is 5.91 Å². The Morgan fingerprint density at radius 2 is 2.00 bits per heavy atom. The maximum atomic E-state index is 12.1. The Morgan fingerprint density at radius 1 is 1.32 bits per heavy atom. The van der Waals surface area contributed by atoms with E-state index in [1.807, 2.05) is 19.1 Å². The first kappa shape index (κ1) is 14.1. The van der Waals surface area contributed by atoms with E-state index in [-0.39, 0.29) is 12.0 Å². The summed E-state index contributed by atoms with van der Waals surface area (Å²) in [5.74, 6) is -1.73. The van der Waals surface area contributed by atoms with E-state index in [9.17, 15) is 9.59 Å². The van der Waals surface area contributed by atoms with E-state index >= 15 is 0 Å². The minimum absolute atomic E-state index is 0.143. The van der Waals surface area contributed by atoms with Crippen LogP contribution in [0.1, 0.15) is 26.2 Å². The van der Waals surface area contributed by atoms with E-state index in [4.69, 9.17) is 9.84 Å². The zero-order valence-electron chi connectivity index (χ0n) is 11.2. The fraction of sp³-hybridized carbons (Fsp3) is 0.714. The molecule has 1 aliphatic carbocycles. The normalized spacial score (nSPS) is 34.2. The third kappa shape index (κ3) is 3.35. The Kier molecular flexibility index (Phi) is 4.58. The lowest BCUT2D eigenvalue weighted by atomic mass is 9.82. The largest absolute Gasteiger partial charge is 0.481 e. The second-order valence-corrected chi connectivity index (χ2v) is 5.36. The van der Waals surface area contributed by atoms with Crippen molar-refractivity contribution >= 4 is 11.9 Å². The summed E-state index contributed by atoms with van der Waals surface area (Å²) in [4.78, 5) is 23.3. The molecule has 0 aromatic carbocycles. The lowest BCUT2D eigenvalue weighted by Crippen LogP contribution is -2.41. The highest BCUT2D eigenvalue weighted by molar-refractivity contribution is 5.85. The van der Waals surface area contributed by atoms with Crippen LogP contribution in [0.5, 0.6) is 0 Å². The van der Waals surface area contributed by atoms with Crippen LogP contribution >= 0.6 is 0 Å². The minimum Gasteiger partial charge on any atom is -0.481 e. The Morgan fingerprint density at radius 3 is 2.58 bits per heavy atom. The van der Waals surface area contributed by atoms with E-state index in [0.29, 0.717) is 25.3 Å². The molecule has 0 bridgehead atoms. The SMILES string of the molecule is CC1OCCC1CNC(=O)[C@@H]1CC=CC[C@@H]1C(=O)O. The first-order valence-corrected chi connectivity index (χ1v) is 6.86. The molecule has 0 spiro atoms. The molecule has 106 valence electrons. The van der Waals surface area contributed by atoms with Gasteiger partial charge in [0.25, 0.3) is 0 Å². The molecule has 2 N–H and O–H groups in total. The summed E-state index contributed by atoms with van der Waals surface area (Å²) < 4.78 is 5.45. The van der Waals surface area contributed by atoms with E-state index in [2.05, 4.69) is 5.32 Å². The zero-order valence-corrected chi connectivity index (χ0v) is 11.2. The lowest BCUT2D eigenvalue weighted by molar-refractivity contribution is -0.147. The van der Waals surface area contributed by atoms with Crippen LogP contribution in [0.4, 0.5) is 0 Å². The molecule has 0 radical (unpaired) electrons. The van der Waals surface area contributed by atoms with Gasteiger partial charge in [-0.15, -0.1) is 0 Å². The number of hydrogen-bond donors (Lipinski definition) is 2. The van der Waals surface area contributed by atoms with Crippen molar-refractivity contribution in [1.82, 2.24) is 5.32 Å². The molecule has 0 aromatic rings. The fourth-order valence-corrected chi connectivity index (χ4v) is 2.78. The van der Waals surface area contributed by atoms with Crippen molar-refractivity contribution in [3.8, 4) is 0 Å². The monoisotopic (exact) mass is 267 g/mol. The van der Waals surface area contributed by atoms with Crippen LogP contribution < -0.4 is 5.32 Å². The van der Waals surface area contributed by atoms with Crippen LogP contribution in [0.15, 0.2) is 12.2 Å². The molecular formula is C14H21NO4. The predicted molar refractivity (Wildman–Crippen MR) is 69.5 cm³/mol. The van der Waals surface area contributed by atoms with E-state index in [1.165, 1.54) is 0 Å². The molecule has 2 aliphatic rings. The van der Waals surface area contributed by atoms with Crippen LogP contribution in [-0.2, 0) is 14.3 Å². The summed E-state index contributed by atoms with van der Waals surface area (Å²) >= 11 is 0. The second-order valence-electron chi connectivity index (χ2n) is 5.36. The first-order chi connectivity index (χ1) is 9.09. The number of amides is 1. The standard InChI is InChI=1S/C14H21NO4/c1-9-10(6-7-19-9)8-15-13(16)11-4-2-3-5-12(11)14(17)18/h2-3,9-12H,4-8H2,1H3,(H,15,16)(H,17,18)/t9?,10?,11-,12+/m1/s1. The number of allylic oxidation sites excluding steroid dienone is 2. The number of hydrogen-bond acceptors (Lipinski definition) is 3. The highest BCUT2D eigenvalue weighted by Gasteiger charge is 2.34. The van der Waals surface area contributed by atoms with Gasteiger partial charge in [-0.05, 0) is 26.2 Å². The van der Waals surface area contributed by atoms with Gasteiger partial charge in [-0.3, -0.25) is 9.59 Å². The number of rotatable bonds is 4. The van der Waals surface area contributed by atoms with Crippen molar-refractivity contribution in [3.63, 3.8) is 0 Å². The summed E-state index contributed by atoms with van der Waals surface area (Å²) in [7, 11) is 0. The summed E-state index contributed by atoms with van der Waals surface area (Å²) in [5.41, 5.74) is 0. The van der Waals surface area contributed by atoms with Gasteiger partial charge in [0.1, 0.15) is 0 Å². The molecule has 2 rings (SSSR count). The Bertz CT molecular complexity index is 380. The van der Waals surface area contributed by atoms with Crippen LogP contribution in [0, 0.1) is 17.8 Å². The summed E-state index contributed by atoms with van der Waals surface area (Å²) in [6.45, 7) is 3.32. The van der Waals surface area contributed by atoms with Crippen LogP contribution in [0.3, 0.4) is 0 Å². The van der Waals surface area contributed by atoms with Crippen molar-refractivity contribution in [1.29, 1.82) is 0 Å². The number of carboxylic acid groups (broad SMARTS) is 1. The first-order valence-electron chi connectivity index (χ1n) is 6.86. The molecule has 1 aliphatic heterocycles. The molecule has 5 heteroatoms. The van der Waals surface area contributed by atoms with Crippen molar-refractivity contribution in [3.05, 3.63) is 12.2 Å². The van der Waals surface area contributed by atoms with Gasteiger partial charge in [0, 0.05) is 19.1 Å². The van der Waals surface area contributed by atoms with Gasteiger partial charge in [0.05, 0.1) is 17.9 Å². The van der Waals surface area contributed by atoms with Gasteiger partial charge in [-0.2, -0.15) is 0 Å². The highest BCUT2D eigenvalue weighted by Crippen LogP contribution is 2.26.